The fraction of sp³-hybridized carbons (Fsp3) is 0.455. The molecule has 3 rings (SSSR count). The molecule has 1 aromatic carbocycles. The molecule has 2 aliphatic rings. The Morgan fingerprint density at radius 3 is 2.47 bits per heavy atom. The number of carbonyl (C=O) groups is 2. The maximum Gasteiger partial charge on any atom is 0.261 e. The molecule has 0 saturated carbocycles. The molecule has 1 heterocycles. The van der Waals surface area contributed by atoms with E-state index in [0.717, 1.165) is 23.8 Å². The number of benzene rings is 1. The maximum absolute atomic E-state index is 14.6. The van der Waals surface area contributed by atoms with Gasteiger partial charge in [0.15, 0.2) is 6.10 Å². The van der Waals surface area contributed by atoms with Crippen molar-refractivity contribution in [2.45, 2.75) is 38.7 Å². The van der Waals surface area contributed by atoms with Gasteiger partial charge in [-0.05, 0) is 38.7 Å². The summed E-state index contributed by atoms with van der Waals surface area (Å²) in [4.78, 5) is 26.3. The van der Waals surface area contributed by atoms with Crippen LogP contribution in [0.4, 0.5) is 10.1 Å². The number of hydrogen-bond acceptors (Lipinski definition) is 5. The molecule has 0 aromatic heterocycles. The highest BCUT2D eigenvalue weighted by molar-refractivity contribution is 6.34. The lowest BCUT2D eigenvalue weighted by Gasteiger charge is -2.19. The first-order valence-corrected chi connectivity index (χ1v) is 10.1. The molecule has 6 nitrogen and oxygen atoms in total. The first-order valence-electron chi connectivity index (χ1n) is 9.75. The van der Waals surface area contributed by atoms with Crippen molar-refractivity contribution in [3.63, 3.8) is 0 Å². The number of rotatable bonds is 7. The summed E-state index contributed by atoms with van der Waals surface area (Å²) in [6.07, 6.45) is 2.19. The van der Waals surface area contributed by atoms with E-state index in [4.69, 9.17) is 25.8 Å². The Morgan fingerprint density at radius 1 is 1.17 bits per heavy atom. The zero-order chi connectivity index (χ0) is 21.7. The standard InChI is InChI=1S/C22H23ClFNO5/c1-14(6-5-9-29-11-10-28-2)30-20-13-19(18(24)12-17(20)23)25-21(26)15-7-3-4-8-16(15)22(25)27/h12-14H,3-4,7-11H2,1-2H3. The summed E-state index contributed by atoms with van der Waals surface area (Å²) in [5.41, 5.74) is 0.799. The molecule has 1 aromatic rings. The lowest BCUT2D eigenvalue weighted by Crippen LogP contribution is -2.32. The summed E-state index contributed by atoms with van der Waals surface area (Å²) in [5.74, 6) is 4.10. The molecule has 0 N–H and O–H groups in total. The van der Waals surface area contributed by atoms with Crippen LogP contribution in [0, 0.1) is 17.7 Å². The van der Waals surface area contributed by atoms with Gasteiger partial charge in [-0.3, -0.25) is 9.59 Å². The van der Waals surface area contributed by atoms with Gasteiger partial charge in [-0.2, -0.15) is 0 Å². The summed E-state index contributed by atoms with van der Waals surface area (Å²) in [7, 11) is 1.58. The largest absolute Gasteiger partial charge is 0.476 e. The lowest BCUT2D eigenvalue weighted by atomic mass is 9.93. The van der Waals surface area contributed by atoms with Crippen molar-refractivity contribution in [3.8, 4) is 17.6 Å². The predicted molar refractivity (Wildman–Crippen MR) is 110 cm³/mol. The molecule has 1 atom stereocenters. The normalized spacial score (nSPS) is 17.0. The molecule has 30 heavy (non-hydrogen) atoms. The van der Waals surface area contributed by atoms with E-state index in [1.54, 1.807) is 14.0 Å². The van der Waals surface area contributed by atoms with Gasteiger partial charge in [0.25, 0.3) is 11.8 Å². The van der Waals surface area contributed by atoms with Gasteiger partial charge in [0.1, 0.15) is 18.2 Å². The third-order valence-electron chi connectivity index (χ3n) is 4.85. The third-order valence-corrected chi connectivity index (χ3v) is 5.14. The van der Waals surface area contributed by atoms with Crippen molar-refractivity contribution < 1.29 is 28.2 Å². The van der Waals surface area contributed by atoms with Gasteiger partial charge in [0.2, 0.25) is 0 Å². The second-order valence-electron chi connectivity index (χ2n) is 6.97. The van der Waals surface area contributed by atoms with Crippen LogP contribution in [0.15, 0.2) is 23.3 Å². The van der Waals surface area contributed by atoms with Crippen molar-refractivity contribution in [2.75, 3.05) is 31.8 Å². The minimum absolute atomic E-state index is 0.0260. The smallest absolute Gasteiger partial charge is 0.261 e. The highest BCUT2D eigenvalue weighted by Gasteiger charge is 2.41. The predicted octanol–water partition coefficient (Wildman–Crippen LogP) is 3.66. The van der Waals surface area contributed by atoms with Crippen LogP contribution in [0.5, 0.6) is 5.75 Å². The van der Waals surface area contributed by atoms with Crippen molar-refractivity contribution >= 4 is 29.1 Å². The van der Waals surface area contributed by atoms with Crippen LogP contribution in [0.3, 0.4) is 0 Å². The monoisotopic (exact) mass is 435 g/mol. The van der Waals surface area contributed by atoms with E-state index in [0.29, 0.717) is 37.2 Å². The van der Waals surface area contributed by atoms with Gasteiger partial charge in [0.05, 0.1) is 23.9 Å². The van der Waals surface area contributed by atoms with E-state index < -0.39 is 23.7 Å². The van der Waals surface area contributed by atoms with E-state index in [1.165, 1.54) is 6.07 Å². The number of halogens is 2. The zero-order valence-corrected chi connectivity index (χ0v) is 17.7. The second-order valence-corrected chi connectivity index (χ2v) is 7.38. The highest BCUT2D eigenvalue weighted by atomic mass is 35.5. The average molecular weight is 436 g/mol. The molecule has 1 aliphatic heterocycles. The number of anilines is 1. The molecule has 8 heteroatoms. The van der Waals surface area contributed by atoms with Crippen LogP contribution in [-0.4, -0.2) is 44.8 Å². The maximum atomic E-state index is 14.6. The van der Waals surface area contributed by atoms with Gasteiger partial charge in [-0.1, -0.05) is 23.4 Å². The van der Waals surface area contributed by atoms with Crippen molar-refractivity contribution in [1.82, 2.24) is 0 Å². The van der Waals surface area contributed by atoms with E-state index in [1.807, 2.05) is 0 Å². The summed E-state index contributed by atoms with van der Waals surface area (Å²) >= 11 is 6.11. The minimum Gasteiger partial charge on any atom is -0.476 e. The third kappa shape index (κ3) is 4.84. The lowest BCUT2D eigenvalue weighted by molar-refractivity contribution is -0.120. The molecule has 1 aliphatic carbocycles. The molecule has 0 radical (unpaired) electrons. The molecule has 1 unspecified atom stereocenters. The SMILES string of the molecule is COCCOCC#CC(C)Oc1cc(N2C(=O)C3=C(CCCC3)C2=O)c(F)cc1Cl. The van der Waals surface area contributed by atoms with Crippen LogP contribution in [0.2, 0.25) is 5.02 Å². The number of carbonyl (C=O) groups excluding carboxylic acids is 2. The number of amides is 2. The van der Waals surface area contributed by atoms with Crippen LogP contribution in [-0.2, 0) is 19.1 Å². The molecule has 160 valence electrons. The Hall–Kier alpha value is -2.40. The minimum atomic E-state index is -0.765. The summed E-state index contributed by atoms with van der Waals surface area (Å²) in [5, 5.41) is 0.0260. The van der Waals surface area contributed by atoms with Gasteiger partial charge in [-0.25, -0.2) is 9.29 Å². The Labute approximate surface area is 179 Å². The average Bonchev–Trinajstić information content (AvgIpc) is 2.97. The van der Waals surface area contributed by atoms with Crippen LogP contribution in [0.25, 0.3) is 0 Å². The number of ether oxygens (including phenoxy) is 3. The zero-order valence-electron chi connectivity index (χ0n) is 16.9. The van der Waals surface area contributed by atoms with Gasteiger partial charge < -0.3 is 14.2 Å². The molecular weight excluding hydrogens is 413 g/mol. The van der Waals surface area contributed by atoms with Crippen molar-refractivity contribution in [1.29, 1.82) is 0 Å². The van der Waals surface area contributed by atoms with E-state index in [2.05, 4.69) is 11.8 Å². The molecule has 2 amide bonds. The number of hydrogen-bond donors (Lipinski definition) is 0. The summed E-state index contributed by atoms with van der Waals surface area (Å²) in [6.45, 7) is 2.83. The quantitative estimate of drug-likeness (QED) is 0.371. The Bertz CT molecular complexity index is 905. The highest BCUT2D eigenvalue weighted by Crippen LogP contribution is 2.39. The second kappa shape index (κ2) is 10.1. The molecular formula is C22H23ClFNO5. The van der Waals surface area contributed by atoms with E-state index >= 15 is 0 Å². The Morgan fingerprint density at radius 2 is 1.83 bits per heavy atom. The fourth-order valence-electron chi connectivity index (χ4n) is 3.41. The molecule has 0 fully saturated rings. The molecule has 0 spiro atoms. The van der Waals surface area contributed by atoms with Crippen molar-refractivity contribution in [3.05, 3.63) is 34.1 Å². The fourth-order valence-corrected chi connectivity index (χ4v) is 3.60. The number of nitrogens with zero attached hydrogens (tertiary/aromatic N) is 1. The molecule has 0 bridgehead atoms. The van der Waals surface area contributed by atoms with Crippen molar-refractivity contribution in [2.24, 2.45) is 0 Å². The Balaban J connectivity index is 1.75. The number of methoxy groups -OCH3 is 1. The summed E-state index contributed by atoms with van der Waals surface area (Å²) < 4.78 is 30.5. The first-order chi connectivity index (χ1) is 14.4. The first kappa shape index (κ1) is 22.3. The Kier molecular flexibility index (Phi) is 7.48. The van der Waals surface area contributed by atoms with Crippen LogP contribution in [0.1, 0.15) is 32.6 Å². The van der Waals surface area contributed by atoms with Gasteiger partial charge in [0, 0.05) is 24.3 Å². The summed E-state index contributed by atoms with van der Waals surface area (Å²) in [6, 6.07) is 2.32. The van der Waals surface area contributed by atoms with Gasteiger partial charge >= 0.3 is 0 Å². The van der Waals surface area contributed by atoms with Gasteiger partial charge in [-0.15, -0.1) is 0 Å². The number of imide groups is 1. The molecule has 0 saturated heterocycles. The van der Waals surface area contributed by atoms with Crippen LogP contribution >= 0.6 is 11.6 Å². The van der Waals surface area contributed by atoms with E-state index in [-0.39, 0.29) is 23.1 Å². The topological polar surface area (TPSA) is 65.1 Å². The van der Waals surface area contributed by atoms with Crippen LogP contribution < -0.4 is 9.64 Å². The van der Waals surface area contributed by atoms with E-state index in [9.17, 15) is 14.0 Å².